The SMILES string of the molecule is Cc1c(C(=O)N[C@H]2CC=CC[C@H]2C(N)=O)sc2ncn(C)c(=O)c12. The number of rotatable bonds is 3. The van der Waals surface area contributed by atoms with Crippen LogP contribution < -0.4 is 16.6 Å². The summed E-state index contributed by atoms with van der Waals surface area (Å²) < 4.78 is 1.39. The average Bonchev–Trinajstić information content (AvgIpc) is 2.89. The third-order valence-electron chi connectivity index (χ3n) is 4.33. The van der Waals surface area contributed by atoms with Gasteiger partial charge in [-0.2, -0.15) is 0 Å². The summed E-state index contributed by atoms with van der Waals surface area (Å²) in [6, 6.07) is -0.333. The summed E-state index contributed by atoms with van der Waals surface area (Å²) in [5.74, 6) is -1.14. The van der Waals surface area contributed by atoms with Gasteiger partial charge in [0.25, 0.3) is 11.5 Å². The van der Waals surface area contributed by atoms with Gasteiger partial charge < -0.3 is 15.6 Å². The van der Waals surface area contributed by atoms with E-state index < -0.39 is 11.8 Å². The first-order valence-corrected chi connectivity index (χ1v) is 8.41. The Morgan fingerprint density at radius 1 is 1.38 bits per heavy atom. The number of fused-ring (bicyclic) bond motifs is 1. The van der Waals surface area contributed by atoms with Crippen molar-refractivity contribution in [1.82, 2.24) is 14.9 Å². The molecule has 2 aromatic rings. The molecule has 0 spiro atoms. The summed E-state index contributed by atoms with van der Waals surface area (Å²) >= 11 is 1.18. The maximum atomic E-state index is 12.7. The summed E-state index contributed by atoms with van der Waals surface area (Å²) in [7, 11) is 1.62. The molecule has 2 atom stereocenters. The molecule has 2 heterocycles. The van der Waals surface area contributed by atoms with Gasteiger partial charge in [0, 0.05) is 13.1 Å². The number of amides is 2. The molecule has 0 fully saturated rings. The number of hydrogen-bond donors (Lipinski definition) is 2. The lowest BCUT2D eigenvalue weighted by Gasteiger charge is -2.26. The van der Waals surface area contributed by atoms with E-state index in [1.165, 1.54) is 22.2 Å². The third-order valence-corrected chi connectivity index (χ3v) is 5.53. The van der Waals surface area contributed by atoms with E-state index in [4.69, 9.17) is 5.73 Å². The molecule has 1 aliphatic rings. The molecule has 7 nitrogen and oxygen atoms in total. The summed E-state index contributed by atoms with van der Waals surface area (Å²) in [6.07, 6.45) is 6.35. The van der Waals surface area contributed by atoms with Crippen LogP contribution in [0.2, 0.25) is 0 Å². The summed E-state index contributed by atoms with van der Waals surface area (Å²) in [6.45, 7) is 1.74. The Morgan fingerprint density at radius 2 is 2.08 bits per heavy atom. The molecular weight excluding hydrogens is 328 g/mol. The molecule has 0 radical (unpaired) electrons. The van der Waals surface area contributed by atoms with Crippen LogP contribution in [0.5, 0.6) is 0 Å². The third kappa shape index (κ3) is 2.73. The number of carbonyl (C=O) groups is 2. The molecule has 0 saturated carbocycles. The first-order valence-electron chi connectivity index (χ1n) is 7.60. The Labute approximate surface area is 142 Å². The van der Waals surface area contributed by atoms with Gasteiger partial charge in [-0.1, -0.05) is 12.2 Å². The minimum absolute atomic E-state index is 0.177. The predicted molar refractivity (Wildman–Crippen MR) is 91.9 cm³/mol. The number of aromatic nitrogens is 2. The molecule has 0 unspecified atom stereocenters. The van der Waals surface area contributed by atoms with Crippen LogP contribution in [0.15, 0.2) is 23.3 Å². The van der Waals surface area contributed by atoms with Crippen molar-refractivity contribution in [3.63, 3.8) is 0 Å². The molecule has 0 bridgehead atoms. The first kappa shape index (κ1) is 16.4. The maximum Gasteiger partial charge on any atom is 0.262 e. The van der Waals surface area contributed by atoms with Crippen molar-refractivity contribution in [2.75, 3.05) is 0 Å². The second kappa shape index (κ2) is 6.20. The van der Waals surface area contributed by atoms with E-state index in [9.17, 15) is 14.4 Å². The van der Waals surface area contributed by atoms with Gasteiger partial charge >= 0.3 is 0 Å². The second-order valence-electron chi connectivity index (χ2n) is 5.93. The molecule has 2 amide bonds. The zero-order chi connectivity index (χ0) is 17.4. The predicted octanol–water partition coefficient (Wildman–Crippen LogP) is 0.853. The number of primary amides is 1. The minimum Gasteiger partial charge on any atom is -0.369 e. The van der Waals surface area contributed by atoms with Crippen molar-refractivity contribution in [1.29, 1.82) is 0 Å². The van der Waals surface area contributed by atoms with Gasteiger partial charge in [0.05, 0.1) is 22.5 Å². The van der Waals surface area contributed by atoms with E-state index in [0.717, 1.165) is 0 Å². The van der Waals surface area contributed by atoms with E-state index in [-0.39, 0.29) is 17.5 Å². The van der Waals surface area contributed by atoms with Crippen molar-refractivity contribution < 1.29 is 9.59 Å². The number of carbonyl (C=O) groups excluding carboxylic acids is 2. The van der Waals surface area contributed by atoms with E-state index in [1.54, 1.807) is 14.0 Å². The van der Waals surface area contributed by atoms with Crippen molar-refractivity contribution in [3.05, 3.63) is 39.3 Å². The molecule has 1 aliphatic carbocycles. The lowest BCUT2D eigenvalue weighted by molar-refractivity contribution is -0.122. The van der Waals surface area contributed by atoms with Crippen LogP contribution in [0.1, 0.15) is 28.1 Å². The molecule has 2 aromatic heterocycles. The van der Waals surface area contributed by atoms with Crippen molar-refractivity contribution in [2.45, 2.75) is 25.8 Å². The molecule has 3 rings (SSSR count). The molecule has 24 heavy (non-hydrogen) atoms. The van der Waals surface area contributed by atoms with Crippen molar-refractivity contribution in [3.8, 4) is 0 Å². The lowest BCUT2D eigenvalue weighted by Crippen LogP contribution is -2.46. The number of aryl methyl sites for hydroxylation is 2. The summed E-state index contributed by atoms with van der Waals surface area (Å²) in [4.78, 5) is 41.6. The first-order chi connectivity index (χ1) is 11.4. The van der Waals surface area contributed by atoms with E-state index >= 15 is 0 Å². The van der Waals surface area contributed by atoms with Crippen LogP contribution in [0.25, 0.3) is 10.2 Å². The van der Waals surface area contributed by atoms with Crippen molar-refractivity contribution in [2.24, 2.45) is 18.7 Å². The van der Waals surface area contributed by atoms with Gasteiger partial charge in [0.2, 0.25) is 5.91 Å². The highest BCUT2D eigenvalue weighted by molar-refractivity contribution is 7.20. The molecule has 8 heteroatoms. The number of nitrogens with two attached hydrogens (primary N) is 1. The van der Waals surface area contributed by atoms with Crippen LogP contribution in [0.3, 0.4) is 0 Å². The van der Waals surface area contributed by atoms with E-state index in [2.05, 4.69) is 10.3 Å². The number of nitrogens with one attached hydrogen (secondary N) is 1. The fraction of sp³-hybridized carbons (Fsp3) is 0.375. The normalized spacial score (nSPS) is 20.2. The molecule has 3 N–H and O–H groups in total. The number of allylic oxidation sites excluding steroid dienone is 1. The molecule has 0 aliphatic heterocycles. The van der Waals surface area contributed by atoms with Crippen LogP contribution >= 0.6 is 11.3 Å². The minimum atomic E-state index is -0.423. The van der Waals surface area contributed by atoms with E-state index in [1.807, 2.05) is 12.2 Å². The summed E-state index contributed by atoms with van der Waals surface area (Å²) in [5, 5.41) is 3.35. The number of hydrogen-bond acceptors (Lipinski definition) is 5. The Hall–Kier alpha value is -2.48. The highest BCUT2D eigenvalue weighted by atomic mass is 32.1. The van der Waals surface area contributed by atoms with Crippen LogP contribution in [0, 0.1) is 12.8 Å². The van der Waals surface area contributed by atoms with Gasteiger partial charge in [-0.25, -0.2) is 4.98 Å². The second-order valence-corrected chi connectivity index (χ2v) is 6.93. The van der Waals surface area contributed by atoms with Gasteiger partial charge in [-0.15, -0.1) is 11.3 Å². The fourth-order valence-corrected chi connectivity index (χ4v) is 3.99. The fourth-order valence-electron chi connectivity index (χ4n) is 2.95. The molecule has 0 aromatic carbocycles. The Balaban J connectivity index is 1.93. The standard InChI is InChI=1S/C16H18N4O3S/c1-8-11-15(18-7-20(2)16(11)23)24-12(8)14(22)19-10-6-4-3-5-9(10)13(17)21/h3-4,7,9-10H,5-6H2,1-2H3,(H2,17,21)(H,19,22)/t9-,10+/m1/s1. The number of thiophene rings is 1. The monoisotopic (exact) mass is 346 g/mol. The number of nitrogens with zero attached hydrogens (tertiary/aromatic N) is 2. The van der Waals surface area contributed by atoms with Crippen LogP contribution in [-0.2, 0) is 11.8 Å². The van der Waals surface area contributed by atoms with Crippen LogP contribution in [0.4, 0.5) is 0 Å². The molecule has 126 valence electrons. The average molecular weight is 346 g/mol. The van der Waals surface area contributed by atoms with Gasteiger partial charge in [-0.3, -0.25) is 14.4 Å². The molecular formula is C16H18N4O3S. The van der Waals surface area contributed by atoms with E-state index in [0.29, 0.717) is 33.5 Å². The Bertz CT molecular complexity index is 912. The van der Waals surface area contributed by atoms with Crippen molar-refractivity contribution >= 4 is 33.4 Å². The summed E-state index contributed by atoms with van der Waals surface area (Å²) in [5.41, 5.74) is 5.86. The highest BCUT2D eigenvalue weighted by Crippen LogP contribution is 2.27. The lowest BCUT2D eigenvalue weighted by atomic mass is 9.88. The quantitative estimate of drug-likeness (QED) is 0.804. The zero-order valence-corrected chi connectivity index (χ0v) is 14.2. The van der Waals surface area contributed by atoms with Gasteiger partial charge in [-0.05, 0) is 25.3 Å². The Morgan fingerprint density at radius 3 is 2.79 bits per heavy atom. The zero-order valence-electron chi connectivity index (χ0n) is 13.4. The maximum absolute atomic E-state index is 12.7. The topological polar surface area (TPSA) is 107 Å². The van der Waals surface area contributed by atoms with Gasteiger partial charge in [0.15, 0.2) is 0 Å². The van der Waals surface area contributed by atoms with Crippen LogP contribution in [-0.4, -0.2) is 27.4 Å². The largest absolute Gasteiger partial charge is 0.369 e. The molecule has 0 saturated heterocycles. The van der Waals surface area contributed by atoms with Gasteiger partial charge in [0.1, 0.15) is 4.83 Å². The Kier molecular flexibility index (Phi) is 4.23. The highest BCUT2D eigenvalue weighted by Gasteiger charge is 2.30. The smallest absolute Gasteiger partial charge is 0.262 e.